The van der Waals surface area contributed by atoms with Crippen LogP contribution in [0.5, 0.6) is 0 Å². The van der Waals surface area contributed by atoms with Crippen molar-refractivity contribution in [2.24, 2.45) is 5.73 Å². The normalized spacial score (nSPS) is 17.4. The fraction of sp³-hybridized carbons (Fsp3) is 0.500. The maximum atomic E-state index is 12.7. The Kier molecular flexibility index (Phi) is 5.12. The van der Waals surface area contributed by atoms with Gasteiger partial charge in [-0.25, -0.2) is 0 Å². The Morgan fingerprint density at radius 2 is 1.85 bits per heavy atom. The summed E-state index contributed by atoms with van der Waals surface area (Å²) in [5.74, 6) is -0.478. The third-order valence-electron chi connectivity index (χ3n) is 4.13. The average Bonchev–Trinajstić information content (AvgIpc) is 2.48. The number of thiocarbonyl (C=S) groups is 1. The van der Waals surface area contributed by atoms with E-state index in [-0.39, 0.29) is 10.9 Å². The highest BCUT2D eigenvalue weighted by atomic mass is 32.1. The van der Waals surface area contributed by atoms with E-state index in [0.29, 0.717) is 6.04 Å². The quantitative estimate of drug-likeness (QED) is 0.867. The Morgan fingerprint density at radius 1 is 1.25 bits per heavy atom. The van der Waals surface area contributed by atoms with Crippen LogP contribution in [0.25, 0.3) is 0 Å². The minimum atomic E-state index is -0.502. The number of amides is 1. The zero-order valence-corrected chi connectivity index (χ0v) is 12.7. The summed E-state index contributed by atoms with van der Waals surface area (Å²) in [6.45, 7) is 0. The molecule has 1 aliphatic rings. The van der Waals surface area contributed by atoms with E-state index < -0.39 is 5.92 Å². The van der Waals surface area contributed by atoms with Gasteiger partial charge in [0.25, 0.3) is 0 Å². The Bertz CT molecular complexity index is 469. The van der Waals surface area contributed by atoms with Gasteiger partial charge in [0.05, 0.1) is 4.99 Å². The van der Waals surface area contributed by atoms with E-state index in [2.05, 4.69) is 0 Å². The summed E-state index contributed by atoms with van der Waals surface area (Å²) in [5, 5.41) is 0. The zero-order valence-electron chi connectivity index (χ0n) is 11.9. The number of carbonyl (C=O) groups is 1. The van der Waals surface area contributed by atoms with Gasteiger partial charge < -0.3 is 10.6 Å². The molecule has 3 nitrogen and oxygen atoms in total. The molecule has 0 bridgehead atoms. The maximum Gasteiger partial charge on any atom is 0.236 e. The molecule has 1 aromatic carbocycles. The van der Waals surface area contributed by atoms with Crippen LogP contribution in [0.15, 0.2) is 30.3 Å². The first-order valence-electron chi connectivity index (χ1n) is 7.22. The lowest BCUT2D eigenvalue weighted by Gasteiger charge is -2.33. The fourth-order valence-corrected chi connectivity index (χ4v) is 3.16. The molecule has 1 fully saturated rings. The molecular weight excluding hydrogens is 268 g/mol. The number of carbonyl (C=O) groups excluding carboxylic acids is 1. The van der Waals surface area contributed by atoms with Gasteiger partial charge in [-0.15, -0.1) is 0 Å². The van der Waals surface area contributed by atoms with E-state index in [9.17, 15) is 4.79 Å². The van der Waals surface area contributed by atoms with Crippen LogP contribution in [-0.2, 0) is 4.79 Å². The number of nitrogens with zero attached hydrogens (tertiary/aromatic N) is 1. The molecule has 0 spiro atoms. The van der Waals surface area contributed by atoms with Crippen LogP contribution in [-0.4, -0.2) is 28.9 Å². The summed E-state index contributed by atoms with van der Waals surface area (Å²) >= 11 is 5.13. The van der Waals surface area contributed by atoms with Crippen molar-refractivity contribution in [1.29, 1.82) is 0 Å². The molecule has 1 atom stereocenters. The van der Waals surface area contributed by atoms with Crippen molar-refractivity contribution in [1.82, 2.24) is 4.90 Å². The van der Waals surface area contributed by atoms with Gasteiger partial charge in [0.1, 0.15) is 5.92 Å². The molecule has 108 valence electrons. The average molecular weight is 290 g/mol. The number of hydrogen-bond donors (Lipinski definition) is 1. The first-order valence-corrected chi connectivity index (χ1v) is 7.63. The third-order valence-corrected chi connectivity index (χ3v) is 4.37. The highest BCUT2D eigenvalue weighted by Crippen LogP contribution is 2.25. The smallest absolute Gasteiger partial charge is 0.236 e. The minimum absolute atomic E-state index is 0.0237. The van der Waals surface area contributed by atoms with Crippen molar-refractivity contribution in [2.45, 2.75) is 44.1 Å². The van der Waals surface area contributed by atoms with E-state index in [0.717, 1.165) is 18.4 Å². The number of hydrogen-bond acceptors (Lipinski definition) is 2. The van der Waals surface area contributed by atoms with E-state index in [1.165, 1.54) is 19.3 Å². The molecule has 1 unspecified atom stereocenters. The second-order valence-electron chi connectivity index (χ2n) is 5.49. The van der Waals surface area contributed by atoms with Crippen LogP contribution >= 0.6 is 12.2 Å². The van der Waals surface area contributed by atoms with Crippen molar-refractivity contribution in [3.8, 4) is 0 Å². The summed E-state index contributed by atoms with van der Waals surface area (Å²) in [6.07, 6.45) is 5.84. The van der Waals surface area contributed by atoms with Crippen LogP contribution in [0.4, 0.5) is 0 Å². The lowest BCUT2D eigenvalue weighted by molar-refractivity contribution is -0.132. The predicted molar refractivity (Wildman–Crippen MR) is 85.6 cm³/mol. The Balaban J connectivity index is 2.17. The van der Waals surface area contributed by atoms with Crippen LogP contribution in [0.3, 0.4) is 0 Å². The molecule has 0 aliphatic heterocycles. The molecular formula is C16H22N2OS. The first-order chi connectivity index (χ1) is 9.61. The summed E-state index contributed by atoms with van der Waals surface area (Å²) in [6, 6.07) is 9.91. The summed E-state index contributed by atoms with van der Waals surface area (Å²) in [4.78, 5) is 14.9. The van der Waals surface area contributed by atoms with Gasteiger partial charge in [0.2, 0.25) is 5.91 Å². The van der Waals surface area contributed by atoms with Gasteiger partial charge in [-0.2, -0.15) is 0 Å². The van der Waals surface area contributed by atoms with Gasteiger partial charge in [-0.1, -0.05) is 61.8 Å². The second-order valence-corrected chi connectivity index (χ2v) is 5.96. The summed E-state index contributed by atoms with van der Waals surface area (Å²) in [7, 11) is 1.88. The molecule has 1 aliphatic carbocycles. The SMILES string of the molecule is CN(C(=O)C(C(N)=S)c1ccccc1)C1CCCCC1. The Hall–Kier alpha value is -1.42. The van der Waals surface area contributed by atoms with Crippen molar-refractivity contribution >= 4 is 23.1 Å². The molecule has 20 heavy (non-hydrogen) atoms. The zero-order chi connectivity index (χ0) is 14.5. The highest BCUT2D eigenvalue weighted by Gasteiger charge is 2.30. The predicted octanol–water partition coefficient (Wildman–Crippen LogP) is 2.85. The first kappa shape index (κ1) is 15.0. The van der Waals surface area contributed by atoms with Gasteiger partial charge in [-0.3, -0.25) is 4.79 Å². The van der Waals surface area contributed by atoms with Crippen LogP contribution in [0.1, 0.15) is 43.6 Å². The molecule has 0 saturated heterocycles. The van der Waals surface area contributed by atoms with Gasteiger partial charge in [0.15, 0.2) is 0 Å². The lowest BCUT2D eigenvalue weighted by Crippen LogP contribution is -2.43. The van der Waals surface area contributed by atoms with E-state index in [1.54, 1.807) is 0 Å². The molecule has 2 N–H and O–H groups in total. The Labute approximate surface area is 126 Å². The standard InChI is InChI=1S/C16H22N2OS/c1-18(13-10-6-3-7-11-13)16(19)14(15(17)20)12-8-4-2-5-9-12/h2,4-5,8-9,13-14H,3,6-7,10-11H2,1H3,(H2,17,20). The fourth-order valence-electron chi connectivity index (χ4n) is 2.93. The van der Waals surface area contributed by atoms with E-state index in [4.69, 9.17) is 18.0 Å². The lowest BCUT2D eigenvalue weighted by atomic mass is 9.92. The largest absolute Gasteiger partial charge is 0.392 e. The second kappa shape index (κ2) is 6.84. The van der Waals surface area contributed by atoms with Gasteiger partial charge in [-0.05, 0) is 18.4 Å². The maximum absolute atomic E-state index is 12.7. The Morgan fingerprint density at radius 3 is 2.40 bits per heavy atom. The van der Waals surface area contributed by atoms with Crippen molar-refractivity contribution < 1.29 is 4.79 Å². The molecule has 1 saturated carbocycles. The van der Waals surface area contributed by atoms with Crippen LogP contribution < -0.4 is 5.73 Å². The number of benzene rings is 1. The van der Waals surface area contributed by atoms with Crippen molar-refractivity contribution in [3.05, 3.63) is 35.9 Å². The summed E-state index contributed by atoms with van der Waals surface area (Å²) in [5.41, 5.74) is 6.70. The third kappa shape index (κ3) is 3.37. The highest BCUT2D eigenvalue weighted by molar-refractivity contribution is 7.80. The molecule has 1 amide bonds. The molecule has 2 rings (SSSR count). The molecule has 0 heterocycles. The summed E-state index contributed by atoms with van der Waals surface area (Å²) < 4.78 is 0. The number of likely N-dealkylation sites (N-methyl/N-ethyl adjacent to an activating group) is 1. The van der Waals surface area contributed by atoms with Crippen LogP contribution in [0.2, 0.25) is 0 Å². The monoisotopic (exact) mass is 290 g/mol. The van der Waals surface area contributed by atoms with Gasteiger partial charge >= 0.3 is 0 Å². The van der Waals surface area contributed by atoms with Gasteiger partial charge in [0, 0.05) is 13.1 Å². The minimum Gasteiger partial charge on any atom is -0.392 e. The number of nitrogens with two attached hydrogens (primary N) is 1. The van der Waals surface area contributed by atoms with Crippen molar-refractivity contribution in [2.75, 3.05) is 7.05 Å². The van der Waals surface area contributed by atoms with E-state index in [1.807, 2.05) is 42.3 Å². The molecule has 4 heteroatoms. The van der Waals surface area contributed by atoms with E-state index >= 15 is 0 Å². The topological polar surface area (TPSA) is 46.3 Å². The van der Waals surface area contributed by atoms with Crippen LogP contribution in [0, 0.1) is 0 Å². The molecule has 1 aromatic rings. The number of rotatable bonds is 4. The molecule has 0 radical (unpaired) electrons. The van der Waals surface area contributed by atoms with Crippen molar-refractivity contribution in [3.63, 3.8) is 0 Å². The molecule has 0 aromatic heterocycles.